The maximum Gasteiger partial charge on any atom is 0.341 e. The average molecular weight is 494 g/mol. The third-order valence-electron chi connectivity index (χ3n) is 4.94. The Labute approximate surface area is 208 Å². The molecule has 0 fully saturated rings. The molecule has 0 spiro atoms. The summed E-state index contributed by atoms with van der Waals surface area (Å²) >= 11 is 0. The molecule has 36 heavy (non-hydrogen) atoms. The van der Waals surface area contributed by atoms with Crippen LogP contribution in [0.5, 0.6) is 17.2 Å². The Hall–Kier alpha value is -4.50. The lowest BCUT2D eigenvalue weighted by Gasteiger charge is -2.13. The Morgan fingerprint density at radius 3 is 2.28 bits per heavy atom. The number of aliphatic carboxylic acids is 2. The highest BCUT2D eigenvalue weighted by molar-refractivity contribution is 5.69. The fraction of sp³-hybridized carbons (Fsp3) is 0.185. The summed E-state index contributed by atoms with van der Waals surface area (Å²) in [6.07, 6.45) is 1.68. The first-order valence-corrected chi connectivity index (χ1v) is 11.1. The summed E-state index contributed by atoms with van der Waals surface area (Å²) < 4.78 is 16.9. The SMILES string of the molecule is CONC(=COc1ccc(COc2ccc(CCC(=O)O)c(OCC(=O)O)c2)cc1)c1ccccc1. The summed E-state index contributed by atoms with van der Waals surface area (Å²) in [5.74, 6) is -0.705. The third-order valence-corrected chi connectivity index (χ3v) is 4.94. The van der Waals surface area contributed by atoms with Gasteiger partial charge < -0.3 is 24.4 Å². The molecule has 3 rings (SSSR count). The molecular formula is C27H27NO8. The number of rotatable bonds is 14. The highest BCUT2D eigenvalue weighted by Crippen LogP contribution is 2.27. The second-order valence-corrected chi connectivity index (χ2v) is 7.60. The number of aryl methyl sites for hydroxylation is 1. The lowest BCUT2D eigenvalue weighted by molar-refractivity contribution is -0.139. The van der Waals surface area contributed by atoms with Gasteiger partial charge in [0.2, 0.25) is 0 Å². The summed E-state index contributed by atoms with van der Waals surface area (Å²) in [6.45, 7) is -0.283. The lowest BCUT2D eigenvalue weighted by atomic mass is 10.1. The molecule has 9 nitrogen and oxygen atoms in total. The Morgan fingerprint density at radius 2 is 1.61 bits per heavy atom. The second kappa shape index (κ2) is 13.4. The third kappa shape index (κ3) is 8.37. The second-order valence-electron chi connectivity index (χ2n) is 7.60. The molecule has 0 saturated carbocycles. The number of benzene rings is 3. The van der Waals surface area contributed by atoms with Crippen molar-refractivity contribution in [2.24, 2.45) is 0 Å². The van der Waals surface area contributed by atoms with E-state index in [0.29, 0.717) is 22.8 Å². The molecule has 188 valence electrons. The standard InChI is InChI=1S/C27H27NO8/c1-33-28-24(20-5-3-2-4-6-20)17-35-22-11-7-19(8-12-22)16-34-23-13-9-21(10-14-26(29)30)25(15-23)36-18-27(31)32/h2-9,11-13,15,17,28H,10,14,16,18H2,1H3,(H,29,30)(H,31,32). The van der Waals surface area contributed by atoms with Crippen molar-refractivity contribution < 1.29 is 38.9 Å². The molecule has 0 amide bonds. The van der Waals surface area contributed by atoms with Crippen molar-refractivity contribution in [2.75, 3.05) is 13.7 Å². The number of hydrogen-bond acceptors (Lipinski definition) is 7. The summed E-state index contributed by atoms with van der Waals surface area (Å²) in [7, 11) is 1.52. The van der Waals surface area contributed by atoms with Gasteiger partial charge in [-0.05, 0) is 35.7 Å². The summed E-state index contributed by atoms with van der Waals surface area (Å²) in [5, 5.41) is 17.8. The van der Waals surface area contributed by atoms with Gasteiger partial charge in [0.05, 0.1) is 7.11 Å². The molecule has 9 heteroatoms. The molecule has 0 saturated heterocycles. The van der Waals surface area contributed by atoms with Crippen LogP contribution in [0.25, 0.3) is 5.70 Å². The van der Waals surface area contributed by atoms with Gasteiger partial charge in [-0.15, -0.1) is 0 Å². The van der Waals surface area contributed by atoms with E-state index in [4.69, 9.17) is 29.3 Å². The van der Waals surface area contributed by atoms with E-state index < -0.39 is 18.5 Å². The molecule has 0 radical (unpaired) electrons. The number of carboxylic acid groups (broad SMARTS) is 2. The molecular weight excluding hydrogens is 466 g/mol. The molecule has 3 aromatic carbocycles. The van der Waals surface area contributed by atoms with Gasteiger partial charge in [-0.3, -0.25) is 15.1 Å². The molecule has 0 aliphatic rings. The zero-order chi connectivity index (χ0) is 25.8. The van der Waals surface area contributed by atoms with Crippen LogP contribution in [0.4, 0.5) is 0 Å². The number of hydrogen-bond donors (Lipinski definition) is 3. The Kier molecular flexibility index (Phi) is 9.72. The van der Waals surface area contributed by atoms with Gasteiger partial charge >= 0.3 is 11.9 Å². The van der Waals surface area contributed by atoms with E-state index in [1.54, 1.807) is 36.6 Å². The lowest BCUT2D eigenvalue weighted by Crippen LogP contribution is -2.11. The van der Waals surface area contributed by atoms with Crippen molar-refractivity contribution in [1.82, 2.24) is 5.48 Å². The largest absolute Gasteiger partial charge is 0.489 e. The van der Waals surface area contributed by atoms with Crippen molar-refractivity contribution >= 4 is 17.6 Å². The van der Waals surface area contributed by atoms with Gasteiger partial charge in [-0.1, -0.05) is 48.5 Å². The molecule has 0 bridgehead atoms. The summed E-state index contributed by atoms with van der Waals surface area (Å²) in [5.41, 5.74) is 5.85. The first-order chi connectivity index (χ1) is 17.4. The van der Waals surface area contributed by atoms with Crippen molar-refractivity contribution in [2.45, 2.75) is 19.4 Å². The zero-order valence-corrected chi connectivity index (χ0v) is 19.7. The fourth-order valence-electron chi connectivity index (χ4n) is 3.18. The highest BCUT2D eigenvalue weighted by Gasteiger charge is 2.11. The van der Waals surface area contributed by atoms with Crippen molar-refractivity contribution in [3.63, 3.8) is 0 Å². The fourth-order valence-corrected chi connectivity index (χ4v) is 3.18. The van der Waals surface area contributed by atoms with E-state index in [2.05, 4.69) is 5.48 Å². The molecule has 0 aromatic heterocycles. The Bertz CT molecular complexity index is 1180. The van der Waals surface area contributed by atoms with E-state index in [0.717, 1.165) is 11.1 Å². The quantitative estimate of drug-likeness (QED) is 0.223. The molecule has 0 aliphatic heterocycles. The minimum absolute atomic E-state index is 0.0956. The molecule has 0 atom stereocenters. The predicted octanol–water partition coefficient (Wildman–Crippen LogP) is 4.27. The van der Waals surface area contributed by atoms with E-state index >= 15 is 0 Å². The van der Waals surface area contributed by atoms with Crippen LogP contribution in [0, 0.1) is 0 Å². The van der Waals surface area contributed by atoms with Crippen LogP contribution in [0.1, 0.15) is 23.1 Å². The molecule has 3 N–H and O–H groups in total. The van der Waals surface area contributed by atoms with Crippen LogP contribution in [0.15, 0.2) is 79.1 Å². The maximum absolute atomic E-state index is 10.9. The molecule has 3 aromatic rings. The van der Waals surface area contributed by atoms with Crippen molar-refractivity contribution in [3.8, 4) is 17.2 Å². The Morgan fingerprint density at radius 1 is 0.889 bits per heavy atom. The zero-order valence-electron chi connectivity index (χ0n) is 19.7. The summed E-state index contributed by atoms with van der Waals surface area (Å²) in [4.78, 5) is 26.8. The highest BCUT2D eigenvalue weighted by atomic mass is 16.6. The minimum Gasteiger partial charge on any atom is -0.489 e. The smallest absolute Gasteiger partial charge is 0.341 e. The van der Waals surface area contributed by atoms with Crippen molar-refractivity contribution in [3.05, 3.63) is 95.7 Å². The van der Waals surface area contributed by atoms with Gasteiger partial charge in [0.1, 0.15) is 35.8 Å². The minimum atomic E-state index is -1.13. The van der Waals surface area contributed by atoms with Crippen LogP contribution >= 0.6 is 0 Å². The van der Waals surface area contributed by atoms with Gasteiger partial charge in [0.15, 0.2) is 6.61 Å². The van der Waals surface area contributed by atoms with Crippen LogP contribution in [-0.4, -0.2) is 35.9 Å². The first kappa shape index (κ1) is 26.1. The van der Waals surface area contributed by atoms with E-state index in [1.807, 2.05) is 42.5 Å². The van der Waals surface area contributed by atoms with E-state index in [-0.39, 0.29) is 25.2 Å². The average Bonchev–Trinajstić information content (AvgIpc) is 2.89. The van der Waals surface area contributed by atoms with Crippen LogP contribution in [0.3, 0.4) is 0 Å². The van der Waals surface area contributed by atoms with Gasteiger partial charge in [0.25, 0.3) is 0 Å². The monoisotopic (exact) mass is 493 g/mol. The van der Waals surface area contributed by atoms with Gasteiger partial charge in [-0.25, -0.2) is 4.79 Å². The van der Waals surface area contributed by atoms with Crippen molar-refractivity contribution in [1.29, 1.82) is 0 Å². The van der Waals surface area contributed by atoms with Gasteiger partial charge in [0, 0.05) is 18.1 Å². The van der Waals surface area contributed by atoms with Crippen LogP contribution < -0.4 is 19.7 Å². The first-order valence-electron chi connectivity index (χ1n) is 11.1. The molecule has 0 heterocycles. The van der Waals surface area contributed by atoms with Gasteiger partial charge in [-0.2, -0.15) is 0 Å². The maximum atomic E-state index is 10.9. The topological polar surface area (TPSA) is 124 Å². The van der Waals surface area contributed by atoms with E-state index in [1.165, 1.54) is 7.11 Å². The number of nitrogens with one attached hydrogen (secondary N) is 1. The Balaban J connectivity index is 1.62. The summed E-state index contributed by atoms with van der Waals surface area (Å²) in [6, 6.07) is 21.9. The molecule has 0 aliphatic carbocycles. The predicted molar refractivity (Wildman–Crippen MR) is 131 cm³/mol. The normalized spacial score (nSPS) is 11.0. The number of hydroxylamine groups is 1. The van der Waals surface area contributed by atoms with Crippen LogP contribution in [-0.2, 0) is 27.5 Å². The van der Waals surface area contributed by atoms with Crippen LogP contribution in [0.2, 0.25) is 0 Å². The number of ether oxygens (including phenoxy) is 3. The van der Waals surface area contributed by atoms with E-state index in [9.17, 15) is 9.59 Å². The molecule has 0 unspecified atom stereocenters. The number of carbonyl (C=O) groups is 2. The number of carboxylic acids is 2.